The molecule has 0 N–H and O–H groups in total. The highest BCUT2D eigenvalue weighted by Gasteiger charge is 2.14. The van der Waals surface area contributed by atoms with Gasteiger partial charge in [0.15, 0.2) is 0 Å². The summed E-state index contributed by atoms with van der Waals surface area (Å²) in [7, 11) is 0. The van der Waals surface area contributed by atoms with Crippen LogP contribution in [-0.2, 0) is 0 Å². The largest absolute Gasteiger partial charge is 0.0992 e. The molecule has 88 valence electrons. The third-order valence-corrected chi connectivity index (χ3v) is 3.18. The molecule has 0 aromatic carbocycles. The summed E-state index contributed by atoms with van der Waals surface area (Å²) in [4.78, 5) is 0. The number of rotatable bonds is 2. The molecule has 2 rings (SSSR count). The zero-order valence-electron chi connectivity index (χ0n) is 10.5. The first-order valence-electron chi connectivity index (χ1n) is 6.10. The molecule has 0 aliphatic heterocycles. The Hall–Kier alpha value is -1.56. The molecule has 0 fully saturated rings. The van der Waals surface area contributed by atoms with Crippen molar-refractivity contribution in [2.75, 3.05) is 0 Å². The van der Waals surface area contributed by atoms with Crippen molar-refractivity contribution in [3.63, 3.8) is 0 Å². The van der Waals surface area contributed by atoms with Crippen LogP contribution >= 0.6 is 0 Å². The van der Waals surface area contributed by atoms with Gasteiger partial charge in [0.1, 0.15) is 0 Å². The lowest BCUT2D eigenvalue weighted by Crippen LogP contribution is -2.02. The van der Waals surface area contributed by atoms with E-state index in [1.54, 1.807) is 0 Å². The Morgan fingerprint density at radius 1 is 0.706 bits per heavy atom. The molecular weight excluding hydrogens is 204 g/mol. The van der Waals surface area contributed by atoms with Crippen LogP contribution in [-0.4, -0.2) is 0 Å². The lowest BCUT2D eigenvalue weighted by molar-refractivity contribution is 0.878. The summed E-state index contributed by atoms with van der Waals surface area (Å²) in [6.45, 7) is 16.3. The minimum atomic E-state index is 0.960. The second-order valence-corrected chi connectivity index (χ2v) is 5.31. The Kier molecular flexibility index (Phi) is 3.33. The van der Waals surface area contributed by atoms with Crippen LogP contribution in [0.4, 0.5) is 0 Å². The van der Waals surface area contributed by atoms with Crippen LogP contribution in [0.25, 0.3) is 0 Å². The fourth-order valence-corrected chi connectivity index (χ4v) is 2.71. The zero-order chi connectivity index (χ0) is 12.4. The molecule has 2 aliphatic carbocycles. The van der Waals surface area contributed by atoms with Gasteiger partial charge in [0.25, 0.3) is 0 Å². The summed E-state index contributed by atoms with van der Waals surface area (Å²) < 4.78 is 0. The van der Waals surface area contributed by atoms with E-state index in [-0.39, 0.29) is 0 Å². The molecule has 0 spiro atoms. The molecule has 0 aromatic heterocycles. The van der Waals surface area contributed by atoms with E-state index in [0.717, 1.165) is 32.1 Å². The standard InChI is InChI=1S/C17H20/c1-12-5-13(2)8-16(7-12)11-17-9-14(3)6-15(4)10-17/h7,9H,1-6,8,10-11H2. The van der Waals surface area contributed by atoms with E-state index in [2.05, 4.69) is 38.5 Å². The normalized spacial score (nSPS) is 21.4. The molecule has 0 saturated carbocycles. The molecular formula is C17H20. The predicted molar refractivity (Wildman–Crippen MR) is 75.8 cm³/mol. The molecule has 2 aliphatic rings. The summed E-state index contributed by atoms with van der Waals surface area (Å²) in [5, 5.41) is 0. The lowest BCUT2D eigenvalue weighted by atomic mass is 9.84. The molecule has 0 bridgehead atoms. The first kappa shape index (κ1) is 11.9. The van der Waals surface area contributed by atoms with Crippen LogP contribution in [0.15, 0.2) is 71.9 Å². The molecule has 0 saturated heterocycles. The molecule has 0 nitrogen and oxygen atoms in total. The summed E-state index contributed by atoms with van der Waals surface area (Å²) in [6.07, 6.45) is 9.45. The average molecular weight is 224 g/mol. The fraction of sp³-hybridized carbons (Fsp3) is 0.294. The second-order valence-electron chi connectivity index (χ2n) is 5.31. The van der Waals surface area contributed by atoms with Gasteiger partial charge in [-0.3, -0.25) is 0 Å². The maximum Gasteiger partial charge on any atom is -0.00725 e. The summed E-state index contributed by atoms with van der Waals surface area (Å²) in [5.41, 5.74) is 7.79. The van der Waals surface area contributed by atoms with Crippen molar-refractivity contribution in [2.24, 2.45) is 0 Å². The minimum Gasteiger partial charge on any atom is -0.0992 e. The van der Waals surface area contributed by atoms with Crippen LogP contribution < -0.4 is 0 Å². The molecule has 17 heavy (non-hydrogen) atoms. The number of hydrogen-bond acceptors (Lipinski definition) is 0. The van der Waals surface area contributed by atoms with Crippen molar-refractivity contribution in [3.8, 4) is 0 Å². The number of allylic oxidation sites excluding steroid dienone is 8. The van der Waals surface area contributed by atoms with E-state index in [4.69, 9.17) is 0 Å². The van der Waals surface area contributed by atoms with E-state index >= 15 is 0 Å². The van der Waals surface area contributed by atoms with Gasteiger partial charge in [0.2, 0.25) is 0 Å². The molecule has 0 atom stereocenters. The smallest absolute Gasteiger partial charge is 0.00725 e. The van der Waals surface area contributed by atoms with E-state index in [9.17, 15) is 0 Å². The van der Waals surface area contributed by atoms with Gasteiger partial charge in [-0.05, 0) is 32.1 Å². The fourth-order valence-electron chi connectivity index (χ4n) is 2.71. The molecule has 0 amide bonds. The minimum absolute atomic E-state index is 0.960. The summed E-state index contributed by atoms with van der Waals surface area (Å²) in [6, 6.07) is 0. The zero-order valence-corrected chi connectivity index (χ0v) is 10.5. The topological polar surface area (TPSA) is 0 Å². The van der Waals surface area contributed by atoms with Crippen LogP contribution in [0.5, 0.6) is 0 Å². The van der Waals surface area contributed by atoms with Crippen molar-refractivity contribution < 1.29 is 0 Å². The van der Waals surface area contributed by atoms with Crippen molar-refractivity contribution in [3.05, 3.63) is 71.9 Å². The Morgan fingerprint density at radius 3 is 1.47 bits per heavy atom. The highest BCUT2D eigenvalue weighted by atomic mass is 14.2. The second kappa shape index (κ2) is 4.75. The Labute approximate surface area is 104 Å². The van der Waals surface area contributed by atoms with Gasteiger partial charge in [-0.25, -0.2) is 0 Å². The van der Waals surface area contributed by atoms with Gasteiger partial charge < -0.3 is 0 Å². The number of hydrogen-bond donors (Lipinski definition) is 0. The first-order chi connectivity index (χ1) is 8.02. The molecule has 0 aromatic rings. The predicted octanol–water partition coefficient (Wildman–Crippen LogP) is 5.04. The molecule has 0 unspecified atom stereocenters. The van der Waals surface area contributed by atoms with Crippen LogP contribution in [0.1, 0.15) is 32.1 Å². The van der Waals surface area contributed by atoms with Gasteiger partial charge in [-0.15, -0.1) is 0 Å². The van der Waals surface area contributed by atoms with E-state index in [1.807, 2.05) is 0 Å². The van der Waals surface area contributed by atoms with Crippen LogP contribution in [0.2, 0.25) is 0 Å². The van der Waals surface area contributed by atoms with Gasteiger partial charge in [-0.1, -0.05) is 71.9 Å². The Morgan fingerprint density at radius 2 is 1.12 bits per heavy atom. The maximum atomic E-state index is 4.08. The highest BCUT2D eigenvalue weighted by Crippen LogP contribution is 2.33. The first-order valence-corrected chi connectivity index (χ1v) is 6.10. The van der Waals surface area contributed by atoms with Crippen LogP contribution in [0.3, 0.4) is 0 Å². The summed E-state index contributed by atoms with van der Waals surface area (Å²) in [5.74, 6) is 0. The molecule has 0 heteroatoms. The van der Waals surface area contributed by atoms with E-state index < -0.39 is 0 Å². The van der Waals surface area contributed by atoms with E-state index in [1.165, 1.54) is 33.4 Å². The highest BCUT2D eigenvalue weighted by molar-refractivity contribution is 5.40. The Bertz CT molecular complexity index is 422. The van der Waals surface area contributed by atoms with E-state index in [0.29, 0.717) is 0 Å². The molecule has 0 heterocycles. The van der Waals surface area contributed by atoms with Crippen molar-refractivity contribution in [2.45, 2.75) is 32.1 Å². The lowest BCUT2D eigenvalue weighted by Gasteiger charge is -2.21. The molecule has 0 radical (unpaired) electrons. The SMILES string of the molecule is C=C1C=C(CC2=CC(=C)CC(=C)C2)CC(=C)C1. The quantitative estimate of drug-likeness (QED) is 0.576. The van der Waals surface area contributed by atoms with Gasteiger partial charge in [0.05, 0.1) is 0 Å². The third kappa shape index (κ3) is 3.20. The average Bonchev–Trinajstić information content (AvgIpc) is 2.13. The van der Waals surface area contributed by atoms with Crippen molar-refractivity contribution in [1.29, 1.82) is 0 Å². The van der Waals surface area contributed by atoms with Gasteiger partial charge in [-0.2, -0.15) is 0 Å². The third-order valence-electron chi connectivity index (χ3n) is 3.18. The maximum absolute atomic E-state index is 4.08. The van der Waals surface area contributed by atoms with Crippen molar-refractivity contribution >= 4 is 0 Å². The van der Waals surface area contributed by atoms with Gasteiger partial charge >= 0.3 is 0 Å². The Balaban J connectivity index is 2.11. The monoisotopic (exact) mass is 224 g/mol. The van der Waals surface area contributed by atoms with Gasteiger partial charge in [0, 0.05) is 0 Å². The van der Waals surface area contributed by atoms with Crippen molar-refractivity contribution in [1.82, 2.24) is 0 Å². The summed E-state index contributed by atoms with van der Waals surface area (Å²) >= 11 is 0. The van der Waals surface area contributed by atoms with Crippen LogP contribution in [0, 0.1) is 0 Å².